The summed E-state index contributed by atoms with van der Waals surface area (Å²) in [6.07, 6.45) is -0.783. The lowest BCUT2D eigenvalue weighted by Crippen LogP contribution is -2.28. The van der Waals surface area contributed by atoms with Gasteiger partial charge in [0.1, 0.15) is 0 Å². The standard InChI is InChI=1S/C5H8O5/c6-4(7)1-5-9-2-8-3-10-5/h5H,1-3H2,(H,6,7). The Morgan fingerprint density at radius 1 is 1.50 bits per heavy atom. The Hall–Kier alpha value is -0.650. The van der Waals surface area contributed by atoms with E-state index >= 15 is 0 Å². The molecule has 0 aromatic carbocycles. The van der Waals surface area contributed by atoms with Crippen LogP contribution in [0.1, 0.15) is 6.42 Å². The molecule has 0 aromatic heterocycles. The summed E-state index contributed by atoms with van der Waals surface area (Å²) in [4.78, 5) is 10.1. The second kappa shape index (κ2) is 3.50. The number of ether oxygens (including phenoxy) is 3. The zero-order valence-corrected chi connectivity index (χ0v) is 5.28. The van der Waals surface area contributed by atoms with Crippen LogP contribution in [0, 0.1) is 0 Å². The van der Waals surface area contributed by atoms with E-state index in [1.54, 1.807) is 0 Å². The molecular formula is C5H8O5. The van der Waals surface area contributed by atoms with Crippen LogP contribution in [-0.2, 0) is 19.0 Å². The summed E-state index contributed by atoms with van der Waals surface area (Å²) in [6, 6.07) is 0. The molecule has 0 bridgehead atoms. The van der Waals surface area contributed by atoms with Crippen molar-refractivity contribution in [3.05, 3.63) is 0 Å². The van der Waals surface area contributed by atoms with Crippen molar-refractivity contribution in [3.63, 3.8) is 0 Å². The van der Waals surface area contributed by atoms with Gasteiger partial charge in [-0.25, -0.2) is 0 Å². The number of hydrogen-bond acceptors (Lipinski definition) is 4. The molecule has 0 atom stereocenters. The van der Waals surface area contributed by atoms with Crippen molar-refractivity contribution >= 4 is 5.97 Å². The largest absolute Gasteiger partial charge is 0.481 e. The quantitative estimate of drug-likeness (QED) is 0.585. The van der Waals surface area contributed by atoms with E-state index in [9.17, 15) is 4.79 Å². The van der Waals surface area contributed by atoms with Crippen molar-refractivity contribution in [2.75, 3.05) is 13.6 Å². The minimum Gasteiger partial charge on any atom is -0.481 e. The lowest BCUT2D eigenvalue weighted by Gasteiger charge is -2.21. The molecule has 0 spiro atoms. The van der Waals surface area contributed by atoms with Gasteiger partial charge in [0.15, 0.2) is 19.9 Å². The van der Waals surface area contributed by atoms with E-state index in [1.165, 1.54) is 0 Å². The fourth-order valence-electron chi connectivity index (χ4n) is 0.591. The van der Waals surface area contributed by atoms with Gasteiger partial charge in [-0.2, -0.15) is 0 Å². The third kappa shape index (κ3) is 2.30. The van der Waals surface area contributed by atoms with Crippen molar-refractivity contribution in [2.45, 2.75) is 12.7 Å². The monoisotopic (exact) mass is 148 g/mol. The number of hydrogen-bond donors (Lipinski definition) is 1. The van der Waals surface area contributed by atoms with Crippen molar-refractivity contribution in [3.8, 4) is 0 Å². The SMILES string of the molecule is O=C(O)CC1OCOCO1. The molecule has 0 radical (unpaired) electrons. The van der Waals surface area contributed by atoms with Crippen LogP contribution >= 0.6 is 0 Å². The predicted octanol–water partition coefficient (Wildman–Crippen LogP) is -0.234. The number of carbonyl (C=O) groups is 1. The minimum absolute atomic E-state index is 0.109. The second-order valence-electron chi connectivity index (χ2n) is 1.80. The first kappa shape index (κ1) is 7.46. The molecule has 5 heteroatoms. The molecule has 5 nitrogen and oxygen atoms in total. The van der Waals surface area contributed by atoms with Crippen LogP contribution in [0.5, 0.6) is 0 Å². The molecule has 1 aliphatic rings. The summed E-state index contributed by atoms with van der Waals surface area (Å²) in [7, 11) is 0. The van der Waals surface area contributed by atoms with Gasteiger partial charge in [-0.05, 0) is 0 Å². The first-order chi connectivity index (χ1) is 4.79. The Bertz CT molecular complexity index is 117. The topological polar surface area (TPSA) is 65.0 Å². The predicted molar refractivity (Wildman–Crippen MR) is 29.0 cm³/mol. The Morgan fingerprint density at radius 2 is 2.10 bits per heavy atom. The van der Waals surface area contributed by atoms with Crippen LogP contribution in [-0.4, -0.2) is 31.0 Å². The van der Waals surface area contributed by atoms with Gasteiger partial charge in [0, 0.05) is 0 Å². The molecule has 0 saturated carbocycles. The third-order valence-corrected chi connectivity index (χ3v) is 1.02. The van der Waals surface area contributed by atoms with Crippen LogP contribution in [0.2, 0.25) is 0 Å². The fraction of sp³-hybridized carbons (Fsp3) is 0.800. The van der Waals surface area contributed by atoms with Gasteiger partial charge in [0.2, 0.25) is 0 Å². The molecule has 0 aromatic rings. The maximum Gasteiger partial charge on any atom is 0.308 e. The maximum atomic E-state index is 10.1. The molecule has 1 fully saturated rings. The normalized spacial score (nSPS) is 20.8. The van der Waals surface area contributed by atoms with E-state index in [4.69, 9.17) is 14.6 Å². The van der Waals surface area contributed by atoms with Gasteiger partial charge >= 0.3 is 5.97 Å². The van der Waals surface area contributed by atoms with Gasteiger partial charge in [0.25, 0.3) is 0 Å². The summed E-state index contributed by atoms with van der Waals surface area (Å²) in [6.45, 7) is 0.218. The highest BCUT2D eigenvalue weighted by molar-refractivity contribution is 5.67. The summed E-state index contributed by atoms with van der Waals surface area (Å²) in [5.74, 6) is -0.938. The Kier molecular flexibility index (Phi) is 2.61. The molecule has 1 heterocycles. The van der Waals surface area contributed by atoms with Crippen molar-refractivity contribution < 1.29 is 24.1 Å². The van der Waals surface area contributed by atoms with Crippen molar-refractivity contribution in [1.29, 1.82) is 0 Å². The fourth-order valence-corrected chi connectivity index (χ4v) is 0.591. The highest BCUT2D eigenvalue weighted by Gasteiger charge is 2.17. The molecular weight excluding hydrogens is 140 g/mol. The van der Waals surface area contributed by atoms with E-state index in [0.717, 1.165) is 0 Å². The van der Waals surface area contributed by atoms with Gasteiger partial charge in [-0.1, -0.05) is 0 Å². The molecule has 0 amide bonds. The minimum atomic E-state index is -0.938. The van der Waals surface area contributed by atoms with E-state index in [0.29, 0.717) is 0 Å². The van der Waals surface area contributed by atoms with E-state index in [-0.39, 0.29) is 20.0 Å². The molecule has 0 unspecified atom stereocenters. The summed E-state index contributed by atoms with van der Waals surface area (Å²) in [5.41, 5.74) is 0. The Balaban J connectivity index is 2.19. The second-order valence-corrected chi connectivity index (χ2v) is 1.80. The van der Waals surface area contributed by atoms with Crippen LogP contribution in [0.25, 0.3) is 0 Å². The summed E-state index contributed by atoms with van der Waals surface area (Å²) >= 11 is 0. The third-order valence-electron chi connectivity index (χ3n) is 1.02. The molecule has 1 N–H and O–H groups in total. The molecule has 1 saturated heterocycles. The average molecular weight is 148 g/mol. The summed E-state index contributed by atoms with van der Waals surface area (Å²) in [5, 5.41) is 8.26. The van der Waals surface area contributed by atoms with Gasteiger partial charge < -0.3 is 19.3 Å². The zero-order chi connectivity index (χ0) is 7.40. The average Bonchev–Trinajstić information content (AvgIpc) is 1.88. The van der Waals surface area contributed by atoms with Crippen molar-refractivity contribution in [1.82, 2.24) is 0 Å². The van der Waals surface area contributed by atoms with Crippen LogP contribution in [0.3, 0.4) is 0 Å². The number of carboxylic acid groups (broad SMARTS) is 1. The molecule has 0 aliphatic carbocycles. The Labute approximate surface area is 57.5 Å². The maximum absolute atomic E-state index is 10.1. The molecule has 10 heavy (non-hydrogen) atoms. The van der Waals surface area contributed by atoms with Crippen LogP contribution in [0.15, 0.2) is 0 Å². The van der Waals surface area contributed by atoms with Gasteiger partial charge in [0.05, 0.1) is 6.42 Å². The molecule has 58 valence electrons. The van der Waals surface area contributed by atoms with E-state index in [1.807, 2.05) is 0 Å². The van der Waals surface area contributed by atoms with Crippen LogP contribution in [0.4, 0.5) is 0 Å². The zero-order valence-electron chi connectivity index (χ0n) is 5.28. The van der Waals surface area contributed by atoms with Gasteiger partial charge in [-0.15, -0.1) is 0 Å². The Morgan fingerprint density at radius 3 is 2.60 bits per heavy atom. The molecule has 1 aliphatic heterocycles. The molecule has 1 rings (SSSR count). The summed E-state index contributed by atoms with van der Waals surface area (Å²) < 4.78 is 14.2. The highest BCUT2D eigenvalue weighted by atomic mass is 16.8. The lowest BCUT2D eigenvalue weighted by molar-refractivity contribution is -0.298. The smallest absolute Gasteiger partial charge is 0.308 e. The highest BCUT2D eigenvalue weighted by Crippen LogP contribution is 2.05. The number of rotatable bonds is 2. The first-order valence-corrected chi connectivity index (χ1v) is 2.82. The van der Waals surface area contributed by atoms with E-state index < -0.39 is 12.3 Å². The lowest BCUT2D eigenvalue weighted by atomic mass is 10.4. The van der Waals surface area contributed by atoms with Crippen LogP contribution < -0.4 is 0 Å². The van der Waals surface area contributed by atoms with Gasteiger partial charge in [-0.3, -0.25) is 4.79 Å². The van der Waals surface area contributed by atoms with E-state index in [2.05, 4.69) is 4.74 Å². The number of carboxylic acids is 1. The van der Waals surface area contributed by atoms with Crippen molar-refractivity contribution in [2.24, 2.45) is 0 Å². The first-order valence-electron chi connectivity index (χ1n) is 2.82. The number of aliphatic carboxylic acids is 1.